The van der Waals surface area contributed by atoms with Gasteiger partial charge >= 0.3 is 0 Å². The van der Waals surface area contributed by atoms with Gasteiger partial charge in [0.15, 0.2) is 5.96 Å². The fraction of sp³-hybridized carbons (Fsp3) is 0.421. The van der Waals surface area contributed by atoms with Crippen LogP contribution in [0.15, 0.2) is 40.7 Å². The minimum Gasteiger partial charge on any atom is -0.497 e. The zero-order chi connectivity index (χ0) is 18.1. The van der Waals surface area contributed by atoms with E-state index in [9.17, 15) is 0 Å². The van der Waals surface area contributed by atoms with Crippen molar-refractivity contribution >= 4 is 41.3 Å². The van der Waals surface area contributed by atoms with E-state index in [1.165, 1.54) is 4.88 Å². The monoisotopic (exact) mass is 489 g/mol. The maximum absolute atomic E-state index is 5.49. The van der Waals surface area contributed by atoms with E-state index < -0.39 is 0 Å². The summed E-state index contributed by atoms with van der Waals surface area (Å²) in [7, 11) is 5.37. The molecule has 0 bridgehead atoms. The van der Waals surface area contributed by atoms with Gasteiger partial charge in [0.25, 0.3) is 0 Å². The Bertz CT molecular complexity index is 677. The molecule has 144 valence electrons. The van der Waals surface area contributed by atoms with Crippen molar-refractivity contribution in [2.24, 2.45) is 4.99 Å². The van der Waals surface area contributed by atoms with Crippen LogP contribution in [0.4, 0.5) is 0 Å². The number of nitrogens with zero attached hydrogens (tertiary/aromatic N) is 2. The summed E-state index contributed by atoms with van der Waals surface area (Å²) in [5, 5.41) is 5.46. The first-order valence-corrected chi connectivity index (χ1v) is 9.28. The van der Waals surface area contributed by atoms with E-state index in [-0.39, 0.29) is 24.0 Å². The summed E-state index contributed by atoms with van der Waals surface area (Å²) in [6, 6.07) is 10.1. The van der Waals surface area contributed by atoms with Crippen LogP contribution in [0.2, 0.25) is 0 Å². The molecule has 2 aromatic rings. The van der Waals surface area contributed by atoms with Crippen LogP contribution in [0.1, 0.15) is 17.4 Å². The summed E-state index contributed by atoms with van der Waals surface area (Å²) in [4.78, 5) is 8.22. The predicted octanol–water partition coefficient (Wildman–Crippen LogP) is 4.02. The minimum atomic E-state index is 0. The number of aliphatic imine (C=N–C) groups is 1. The number of benzene rings is 1. The lowest BCUT2D eigenvalue weighted by molar-refractivity contribution is 0.382. The van der Waals surface area contributed by atoms with Crippen molar-refractivity contribution in [3.05, 3.63) is 46.2 Å². The van der Waals surface area contributed by atoms with E-state index in [0.717, 1.165) is 42.5 Å². The molecule has 1 aromatic heterocycles. The van der Waals surface area contributed by atoms with Crippen molar-refractivity contribution in [1.82, 2.24) is 10.2 Å². The molecule has 5 nitrogen and oxygen atoms in total. The fourth-order valence-electron chi connectivity index (χ4n) is 2.51. The first-order valence-electron chi connectivity index (χ1n) is 8.40. The molecule has 0 radical (unpaired) electrons. The second kappa shape index (κ2) is 12.0. The summed E-state index contributed by atoms with van der Waals surface area (Å²) >= 11 is 1.78. The van der Waals surface area contributed by atoms with Gasteiger partial charge < -0.3 is 19.7 Å². The Morgan fingerprint density at radius 1 is 1.23 bits per heavy atom. The highest BCUT2D eigenvalue weighted by Crippen LogP contribution is 2.25. The van der Waals surface area contributed by atoms with Gasteiger partial charge in [-0.1, -0.05) is 6.07 Å². The normalized spacial score (nSPS) is 10.8. The van der Waals surface area contributed by atoms with Gasteiger partial charge in [0, 0.05) is 49.6 Å². The largest absolute Gasteiger partial charge is 0.497 e. The average molecular weight is 489 g/mol. The molecule has 1 N–H and O–H groups in total. The van der Waals surface area contributed by atoms with Gasteiger partial charge in [-0.25, -0.2) is 0 Å². The lowest BCUT2D eigenvalue weighted by atomic mass is 10.2. The lowest BCUT2D eigenvalue weighted by Crippen LogP contribution is -2.38. The van der Waals surface area contributed by atoms with E-state index in [1.54, 1.807) is 25.6 Å². The van der Waals surface area contributed by atoms with Crippen LogP contribution in [0.3, 0.4) is 0 Å². The molecule has 0 fully saturated rings. The molecule has 0 aliphatic carbocycles. The molecule has 7 heteroatoms. The Kier molecular flexibility index (Phi) is 10.4. The summed E-state index contributed by atoms with van der Waals surface area (Å²) in [6.45, 7) is 4.39. The maximum atomic E-state index is 5.49. The Hall–Kier alpha value is -1.48. The zero-order valence-corrected chi connectivity index (χ0v) is 19.0. The smallest absolute Gasteiger partial charge is 0.193 e. The highest BCUT2D eigenvalue weighted by molar-refractivity contribution is 14.0. The number of halogens is 1. The third-order valence-electron chi connectivity index (χ3n) is 3.80. The SMILES string of the molecule is CCNC(=NCCc1cccs1)N(C)Cc1ccc(OC)cc1OC.I. The molecule has 0 saturated carbocycles. The number of methoxy groups -OCH3 is 2. The van der Waals surface area contributed by atoms with Crippen LogP contribution in [0, 0.1) is 0 Å². The van der Waals surface area contributed by atoms with Crippen LogP contribution in [0.25, 0.3) is 0 Å². The lowest BCUT2D eigenvalue weighted by Gasteiger charge is -2.23. The third kappa shape index (κ3) is 6.68. The van der Waals surface area contributed by atoms with Crippen molar-refractivity contribution in [1.29, 1.82) is 0 Å². The number of ether oxygens (including phenoxy) is 2. The van der Waals surface area contributed by atoms with E-state index in [4.69, 9.17) is 14.5 Å². The molecule has 0 atom stereocenters. The average Bonchev–Trinajstić information content (AvgIpc) is 3.14. The molecule has 0 amide bonds. The first kappa shape index (κ1) is 22.6. The molecule has 0 spiro atoms. The summed E-state index contributed by atoms with van der Waals surface area (Å²) in [6.07, 6.45) is 0.965. The van der Waals surface area contributed by atoms with Gasteiger partial charge in [-0.2, -0.15) is 0 Å². The number of nitrogens with one attached hydrogen (secondary N) is 1. The van der Waals surface area contributed by atoms with Crippen molar-refractivity contribution in [3.63, 3.8) is 0 Å². The fourth-order valence-corrected chi connectivity index (χ4v) is 3.21. The van der Waals surface area contributed by atoms with Crippen LogP contribution < -0.4 is 14.8 Å². The number of hydrogen-bond donors (Lipinski definition) is 1. The standard InChI is InChI=1S/C19H27N3O2S.HI/c1-5-20-19(21-11-10-17-7-6-12-25-17)22(2)14-15-8-9-16(23-3)13-18(15)24-4;/h6-9,12-13H,5,10-11,14H2,1-4H3,(H,20,21);1H. The van der Waals surface area contributed by atoms with Gasteiger partial charge in [0.1, 0.15) is 11.5 Å². The summed E-state index contributed by atoms with van der Waals surface area (Å²) in [5.41, 5.74) is 1.09. The summed E-state index contributed by atoms with van der Waals surface area (Å²) in [5.74, 6) is 2.51. The van der Waals surface area contributed by atoms with E-state index >= 15 is 0 Å². The van der Waals surface area contributed by atoms with Crippen LogP contribution in [0.5, 0.6) is 11.5 Å². The highest BCUT2D eigenvalue weighted by atomic mass is 127. The van der Waals surface area contributed by atoms with Gasteiger partial charge in [-0.3, -0.25) is 4.99 Å². The quantitative estimate of drug-likeness (QED) is 0.346. The molecule has 0 unspecified atom stereocenters. The van der Waals surface area contributed by atoms with E-state index in [1.807, 2.05) is 25.2 Å². The van der Waals surface area contributed by atoms with Crippen LogP contribution in [-0.2, 0) is 13.0 Å². The van der Waals surface area contributed by atoms with Crippen LogP contribution >= 0.6 is 35.3 Å². The molecular formula is C19H28IN3O2S. The molecule has 0 saturated heterocycles. The Morgan fingerprint density at radius 2 is 2.04 bits per heavy atom. The Morgan fingerprint density at radius 3 is 2.65 bits per heavy atom. The molecule has 1 aromatic carbocycles. The van der Waals surface area contributed by atoms with Crippen molar-refractivity contribution in [2.45, 2.75) is 19.9 Å². The molecule has 0 aliphatic heterocycles. The molecule has 26 heavy (non-hydrogen) atoms. The molecule has 0 aliphatic rings. The zero-order valence-electron chi connectivity index (χ0n) is 15.8. The van der Waals surface area contributed by atoms with E-state index in [2.05, 4.69) is 34.7 Å². The van der Waals surface area contributed by atoms with Gasteiger partial charge in [0.05, 0.1) is 14.2 Å². The molecule has 1 heterocycles. The number of thiophene rings is 1. The van der Waals surface area contributed by atoms with Crippen LogP contribution in [-0.4, -0.2) is 45.2 Å². The second-order valence-electron chi connectivity index (χ2n) is 5.60. The van der Waals surface area contributed by atoms with Gasteiger partial charge in [0.2, 0.25) is 0 Å². The Labute approximate surface area is 177 Å². The predicted molar refractivity (Wildman–Crippen MR) is 120 cm³/mol. The number of rotatable bonds is 8. The van der Waals surface area contributed by atoms with Gasteiger partial charge in [-0.15, -0.1) is 35.3 Å². The first-order chi connectivity index (χ1) is 12.2. The third-order valence-corrected chi connectivity index (χ3v) is 4.73. The number of guanidine groups is 1. The molecular weight excluding hydrogens is 461 g/mol. The second-order valence-corrected chi connectivity index (χ2v) is 6.63. The van der Waals surface area contributed by atoms with Crippen molar-refractivity contribution in [3.8, 4) is 11.5 Å². The highest BCUT2D eigenvalue weighted by Gasteiger charge is 2.11. The van der Waals surface area contributed by atoms with Gasteiger partial charge in [-0.05, 0) is 30.5 Å². The Balaban J connectivity index is 0.00000338. The maximum Gasteiger partial charge on any atom is 0.193 e. The topological polar surface area (TPSA) is 46.1 Å². The van der Waals surface area contributed by atoms with Crippen molar-refractivity contribution in [2.75, 3.05) is 34.4 Å². The minimum absolute atomic E-state index is 0. The number of hydrogen-bond acceptors (Lipinski definition) is 4. The molecule has 2 rings (SSSR count). The van der Waals surface area contributed by atoms with E-state index in [0.29, 0.717) is 6.54 Å². The van der Waals surface area contributed by atoms with Crippen molar-refractivity contribution < 1.29 is 9.47 Å². The summed E-state index contributed by atoms with van der Waals surface area (Å²) < 4.78 is 10.8.